The molecule has 0 saturated heterocycles. The Morgan fingerprint density at radius 1 is 1.43 bits per heavy atom. The second kappa shape index (κ2) is 5.35. The van der Waals surface area contributed by atoms with Crippen molar-refractivity contribution in [3.8, 4) is 0 Å². The number of hydrogen-bond donors (Lipinski definition) is 2. The van der Waals surface area contributed by atoms with Crippen LogP contribution in [0.2, 0.25) is 0 Å². The van der Waals surface area contributed by atoms with Crippen molar-refractivity contribution in [2.24, 2.45) is 0 Å². The van der Waals surface area contributed by atoms with E-state index in [0.29, 0.717) is 24.2 Å². The van der Waals surface area contributed by atoms with E-state index in [1.54, 1.807) is 12.3 Å². The first-order chi connectivity index (χ1) is 10.1. The third kappa shape index (κ3) is 2.62. The molecule has 108 valence electrons. The zero-order valence-electron chi connectivity index (χ0n) is 11.9. The first kappa shape index (κ1) is 13.3. The van der Waals surface area contributed by atoms with Gasteiger partial charge in [0.05, 0.1) is 17.5 Å². The fraction of sp³-hybridized carbons (Fsp3) is 0.286. The van der Waals surface area contributed by atoms with E-state index in [1.165, 1.54) is 0 Å². The molecule has 0 fully saturated rings. The molecule has 0 aliphatic rings. The molecule has 3 rings (SSSR count). The molecule has 0 unspecified atom stereocenters. The van der Waals surface area contributed by atoms with Crippen molar-refractivity contribution in [2.45, 2.75) is 20.3 Å². The van der Waals surface area contributed by atoms with Crippen LogP contribution in [-0.4, -0.2) is 37.2 Å². The number of aromatic nitrogens is 5. The molecule has 7 heteroatoms. The van der Waals surface area contributed by atoms with Gasteiger partial charge in [-0.25, -0.2) is 4.98 Å². The molecular formula is C14H16N6O. The topological polar surface area (TPSA) is 88.0 Å². The monoisotopic (exact) mass is 284 g/mol. The summed E-state index contributed by atoms with van der Waals surface area (Å²) in [6.45, 7) is 4.42. The molecule has 0 saturated carbocycles. The largest absolute Gasteiger partial charge is 0.352 e. The first-order valence-corrected chi connectivity index (χ1v) is 6.73. The zero-order chi connectivity index (χ0) is 14.8. The van der Waals surface area contributed by atoms with Crippen molar-refractivity contribution in [1.29, 1.82) is 0 Å². The first-order valence-electron chi connectivity index (χ1n) is 6.73. The molecule has 2 N–H and O–H groups in total. The molecular weight excluding hydrogens is 268 g/mol. The molecule has 7 nitrogen and oxygen atoms in total. The minimum atomic E-state index is -0.126. The number of aromatic amines is 1. The lowest BCUT2D eigenvalue weighted by molar-refractivity contribution is 0.0955. The van der Waals surface area contributed by atoms with Crippen LogP contribution in [-0.2, 0) is 6.42 Å². The molecule has 0 bridgehead atoms. The van der Waals surface area contributed by atoms with Crippen LogP contribution in [0, 0.1) is 13.8 Å². The van der Waals surface area contributed by atoms with Gasteiger partial charge in [0.1, 0.15) is 5.65 Å². The van der Waals surface area contributed by atoms with Crippen molar-refractivity contribution in [3.05, 3.63) is 47.2 Å². The highest BCUT2D eigenvalue weighted by Crippen LogP contribution is 2.14. The number of amides is 1. The maximum atomic E-state index is 12.3. The minimum Gasteiger partial charge on any atom is -0.352 e. The van der Waals surface area contributed by atoms with Gasteiger partial charge in [0.2, 0.25) is 0 Å². The average Bonchev–Trinajstić information content (AvgIpc) is 3.07. The molecule has 21 heavy (non-hydrogen) atoms. The number of aryl methyl sites for hydroxylation is 2. The lowest BCUT2D eigenvalue weighted by Crippen LogP contribution is -2.25. The highest BCUT2D eigenvalue weighted by atomic mass is 16.1. The minimum absolute atomic E-state index is 0.126. The van der Waals surface area contributed by atoms with Gasteiger partial charge in [-0.15, -0.1) is 0 Å². The highest BCUT2D eigenvalue weighted by Gasteiger charge is 2.13. The number of rotatable bonds is 4. The van der Waals surface area contributed by atoms with E-state index in [9.17, 15) is 4.79 Å². The molecule has 0 atom stereocenters. The van der Waals surface area contributed by atoms with Gasteiger partial charge in [0.15, 0.2) is 0 Å². The Balaban J connectivity index is 1.75. The predicted octanol–water partition coefficient (Wildman–Crippen LogP) is 1.04. The third-order valence-electron chi connectivity index (χ3n) is 3.32. The van der Waals surface area contributed by atoms with Crippen molar-refractivity contribution < 1.29 is 4.79 Å². The van der Waals surface area contributed by atoms with Gasteiger partial charge in [0, 0.05) is 30.6 Å². The Hall–Kier alpha value is -2.70. The molecule has 3 heterocycles. The predicted molar refractivity (Wildman–Crippen MR) is 77.1 cm³/mol. The fourth-order valence-corrected chi connectivity index (χ4v) is 2.32. The lowest BCUT2D eigenvalue weighted by Gasteiger charge is -2.05. The summed E-state index contributed by atoms with van der Waals surface area (Å²) in [7, 11) is 0. The molecule has 1 amide bonds. The number of fused-ring (bicyclic) bond motifs is 1. The Morgan fingerprint density at radius 2 is 2.29 bits per heavy atom. The zero-order valence-corrected chi connectivity index (χ0v) is 11.9. The van der Waals surface area contributed by atoms with Crippen LogP contribution >= 0.6 is 0 Å². The number of H-pyrrole nitrogens is 1. The molecule has 0 radical (unpaired) electrons. The van der Waals surface area contributed by atoms with E-state index in [2.05, 4.69) is 25.7 Å². The molecule has 0 aromatic carbocycles. The lowest BCUT2D eigenvalue weighted by atomic mass is 10.2. The van der Waals surface area contributed by atoms with E-state index in [4.69, 9.17) is 0 Å². The number of carbonyl (C=O) groups is 1. The molecule has 3 aromatic heterocycles. The van der Waals surface area contributed by atoms with Crippen molar-refractivity contribution in [2.75, 3.05) is 6.54 Å². The summed E-state index contributed by atoms with van der Waals surface area (Å²) >= 11 is 0. The summed E-state index contributed by atoms with van der Waals surface area (Å²) in [5.74, 6) is -0.126. The highest BCUT2D eigenvalue weighted by molar-refractivity contribution is 6.00. The van der Waals surface area contributed by atoms with Crippen molar-refractivity contribution >= 4 is 11.6 Å². The number of nitrogens with one attached hydrogen (secondary N) is 2. The van der Waals surface area contributed by atoms with Gasteiger partial charge in [-0.3, -0.25) is 4.79 Å². The van der Waals surface area contributed by atoms with Crippen LogP contribution in [0.5, 0.6) is 0 Å². The van der Waals surface area contributed by atoms with E-state index < -0.39 is 0 Å². The fourth-order valence-electron chi connectivity index (χ4n) is 2.32. The quantitative estimate of drug-likeness (QED) is 0.749. The second-order valence-electron chi connectivity index (χ2n) is 4.93. The van der Waals surface area contributed by atoms with Crippen molar-refractivity contribution in [3.63, 3.8) is 0 Å². The molecule has 0 spiro atoms. The normalized spacial score (nSPS) is 11.0. The van der Waals surface area contributed by atoms with Gasteiger partial charge >= 0.3 is 0 Å². The molecule has 0 aliphatic carbocycles. The average molecular weight is 284 g/mol. The Labute approximate surface area is 121 Å². The van der Waals surface area contributed by atoms with Crippen LogP contribution < -0.4 is 5.32 Å². The third-order valence-corrected chi connectivity index (χ3v) is 3.32. The van der Waals surface area contributed by atoms with Gasteiger partial charge in [-0.2, -0.15) is 15.4 Å². The Kier molecular flexibility index (Phi) is 3.39. The SMILES string of the molecule is Cc1cc(C)n2ccc(C(=O)NCCc3cn[nH]n3)c2n1. The van der Waals surface area contributed by atoms with Crippen LogP contribution in [0.1, 0.15) is 27.4 Å². The van der Waals surface area contributed by atoms with Gasteiger partial charge in [0.25, 0.3) is 5.91 Å². The van der Waals surface area contributed by atoms with Crippen LogP contribution in [0.15, 0.2) is 24.5 Å². The Morgan fingerprint density at radius 3 is 3.05 bits per heavy atom. The van der Waals surface area contributed by atoms with Gasteiger partial charge in [-0.1, -0.05) is 0 Å². The van der Waals surface area contributed by atoms with E-state index >= 15 is 0 Å². The maximum Gasteiger partial charge on any atom is 0.255 e. The number of carbonyl (C=O) groups excluding carboxylic acids is 1. The summed E-state index contributed by atoms with van der Waals surface area (Å²) in [6, 6.07) is 3.78. The van der Waals surface area contributed by atoms with Gasteiger partial charge in [-0.05, 0) is 26.0 Å². The van der Waals surface area contributed by atoms with Crippen LogP contribution in [0.25, 0.3) is 5.65 Å². The standard InChI is InChI=1S/C14H16N6O/c1-9-7-10(2)20-6-4-12(13(20)17-9)14(21)15-5-3-11-8-16-19-18-11/h4,6-8H,3,5H2,1-2H3,(H,15,21)(H,16,18,19). The van der Waals surface area contributed by atoms with E-state index in [0.717, 1.165) is 17.1 Å². The summed E-state index contributed by atoms with van der Waals surface area (Å²) < 4.78 is 1.92. The maximum absolute atomic E-state index is 12.3. The Bertz CT molecular complexity index is 774. The van der Waals surface area contributed by atoms with E-state index in [-0.39, 0.29) is 5.91 Å². The second-order valence-corrected chi connectivity index (χ2v) is 4.93. The number of nitrogens with zero attached hydrogens (tertiary/aromatic N) is 4. The molecule has 3 aromatic rings. The van der Waals surface area contributed by atoms with E-state index in [1.807, 2.05) is 30.5 Å². The summed E-state index contributed by atoms with van der Waals surface area (Å²) in [4.78, 5) is 16.7. The van der Waals surface area contributed by atoms with Gasteiger partial charge < -0.3 is 9.72 Å². The van der Waals surface area contributed by atoms with Crippen LogP contribution in [0.3, 0.4) is 0 Å². The smallest absolute Gasteiger partial charge is 0.255 e. The number of hydrogen-bond acceptors (Lipinski definition) is 4. The summed E-state index contributed by atoms with van der Waals surface area (Å²) in [5.41, 5.74) is 4.05. The summed E-state index contributed by atoms with van der Waals surface area (Å²) in [5, 5.41) is 13.1. The van der Waals surface area contributed by atoms with Crippen molar-refractivity contribution in [1.82, 2.24) is 30.1 Å². The van der Waals surface area contributed by atoms with Crippen LogP contribution in [0.4, 0.5) is 0 Å². The summed E-state index contributed by atoms with van der Waals surface area (Å²) in [6.07, 6.45) is 4.15. The molecule has 0 aliphatic heterocycles.